The van der Waals surface area contributed by atoms with Crippen molar-refractivity contribution in [2.45, 2.75) is 59.9 Å². The summed E-state index contributed by atoms with van der Waals surface area (Å²) in [6, 6.07) is -12.2. The number of allylic oxidation sites excluding steroid dienone is 1. The van der Waals surface area contributed by atoms with Crippen molar-refractivity contribution in [3.05, 3.63) is 11.8 Å². The van der Waals surface area contributed by atoms with E-state index in [4.69, 9.17) is 5.11 Å². The third-order valence-electron chi connectivity index (χ3n) is 3.74. The Balaban J connectivity index is 6.86. The molecular formula is C12HF23O2. The molecular weight excluding hydrogens is 613 g/mol. The van der Waals surface area contributed by atoms with Crippen molar-refractivity contribution in [3.63, 3.8) is 0 Å². The van der Waals surface area contributed by atoms with Gasteiger partial charge in [-0.3, -0.25) is 0 Å². The Morgan fingerprint density at radius 1 is 0.405 bits per heavy atom. The lowest BCUT2D eigenvalue weighted by molar-refractivity contribution is -0.452. The van der Waals surface area contributed by atoms with Crippen LogP contribution in [0.4, 0.5) is 101 Å². The van der Waals surface area contributed by atoms with Crippen LogP contribution in [0.2, 0.25) is 0 Å². The third-order valence-corrected chi connectivity index (χ3v) is 3.74. The fourth-order valence-corrected chi connectivity index (χ4v) is 1.63. The van der Waals surface area contributed by atoms with Crippen LogP contribution in [0.1, 0.15) is 0 Å². The topological polar surface area (TPSA) is 29.5 Å². The molecule has 0 aliphatic rings. The van der Waals surface area contributed by atoms with Gasteiger partial charge in [0.2, 0.25) is 5.83 Å². The monoisotopic (exact) mass is 614 g/mol. The molecule has 0 heterocycles. The Hall–Kier alpha value is -2.11. The third kappa shape index (κ3) is 4.78. The first-order valence-corrected chi connectivity index (χ1v) is 7.48. The summed E-state index contributed by atoms with van der Waals surface area (Å²) in [4.78, 5) is 0. The highest BCUT2D eigenvalue weighted by atomic mass is 19.4. The SMILES string of the molecule is OC(F)(OC(F)=C(F)C(F)(F)C(F)(F)C(F)(F)C(F)(F)C(F)(F)C(F)(F)C(F)(F)F)C(F)(F)C(F)(F)F. The van der Waals surface area contributed by atoms with Gasteiger partial charge in [-0.1, -0.05) is 0 Å². The zero-order chi connectivity index (χ0) is 30.9. The van der Waals surface area contributed by atoms with Gasteiger partial charge in [0.25, 0.3) is 0 Å². The molecule has 1 unspecified atom stereocenters. The van der Waals surface area contributed by atoms with Gasteiger partial charge in [0.1, 0.15) is 0 Å². The molecule has 0 fully saturated rings. The molecule has 222 valence electrons. The Labute approximate surface area is 184 Å². The average molecular weight is 614 g/mol. The lowest BCUT2D eigenvalue weighted by atomic mass is 9.91. The van der Waals surface area contributed by atoms with Crippen LogP contribution in [0.5, 0.6) is 0 Å². The summed E-state index contributed by atoms with van der Waals surface area (Å²) in [7, 11) is 0. The van der Waals surface area contributed by atoms with Crippen LogP contribution >= 0.6 is 0 Å². The van der Waals surface area contributed by atoms with Crippen LogP contribution < -0.4 is 0 Å². The molecule has 37 heavy (non-hydrogen) atoms. The molecule has 1 atom stereocenters. The van der Waals surface area contributed by atoms with E-state index in [1.54, 1.807) is 4.74 Å². The second kappa shape index (κ2) is 8.71. The van der Waals surface area contributed by atoms with E-state index in [1.807, 2.05) is 0 Å². The molecule has 0 aromatic rings. The lowest BCUT2D eigenvalue weighted by Crippen LogP contribution is -2.72. The maximum atomic E-state index is 13.3. The van der Waals surface area contributed by atoms with E-state index in [2.05, 4.69) is 0 Å². The van der Waals surface area contributed by atoms with Crippen molar-refractivity contribution >= 4 is 0 Å². The Morgan fingerprint density at radius 3 is 0.973 bits per heavy atom. The minimum Gasteiger partial charge on any atom is -0.403 e. The molecule has 0 bridgehead atoms. The zero-order valence-corrected chi connectivity index (χ0v) is 15.5. The largest absolute Gasteiger partial charge is 0.463 e. The van der Waals surface area contributed by atoms with Crippen molar-refractivity contribution in [2.75, 3.05) is 0 Å². The number of hydrogen-bond donors (Lipinski definition) is 1. The minimum atomic E-state index is -9.03. The first-order chi connectivity index (χ1) is 15.5. The van der Waals surface area contributed by atoms with Crippen molar-refractivity contribution in [1.82, 2.24) is 0 Å². The van der Waals surface area contributed by atoms with Crippen molar-refractivity contribution in [1.29, 1.82) is 0 Å². The molecule has 1 N–H and O–H groups in total. The summed E-state index contributed by atoms with van der Waals surface area (Å²) in [5, 5.41) is 8.04. The summed E-state index contributed by atoms with van der Waals surface area (Å²) < 4.78 is 294. The van der Waals surface area contributed by atoms with Gasteiger partial charge in [0.15, 0.2) is 0 Å². The lowest BCUT2D eigenvalue weighted by Gasteiger charge is -2.41. The molecule has 0 saturated carbocycles. The molecule has 0 aliphatic carbocycles. The predicted octanol–water partition coefficient (Wildman–Crippen LogP) is 7.30. The Kier molecular flexibility index (Phi) is 8.21. The molecule has 0 aromatic carbocycles. The van der Waals surface area contributed by atoms with Crippen LogP contribution in [0.15, 0.2) is 11.8 Å². The van der Waals surface area contributed by atoms with Gasteiger partial charge in [-0.2, -0.15) is 101 Å². The van der Waals surface area contributed by atoms with Crippen LogP contribution in [0.3, 0.4) is 0 Å². The Morgan fingerprint density at radius 2 is 0.676 bits per heavy atom. The summed E-state index contributed by atoms with van der Waals surface area (Å²) in [5.41, 5.74) is 0. The molecule has 0 radical (unpaired) electrons. The highest BCUT2D eigenvalue weighted by Gasteiger charge is 2.94. The normalized spacial score (nSPS) is 18.4. The fraction of sp³-hybridized carbons (Fsp3) is 0.833. The summed E-state index contributed by atoms with van der Waals surface area (Å²) >= 11 is 0. The first kappa shape index (κ1) is 34.9. The van der Waals surface area contributed by atoms with Crippen molar-refractivity contribution in [3.8, 4) is 0 Å². The molecule has 25 heteroatoms. The van der Waals surface area contributed by atoms with E-state index in [1.165, 1.54) is 0 Å². The van der Waals surface area contributed by atoms with Gasteiger partial charge < -0.3 is 9.84 Å². The number of alkyl halides is 21. The van der Waals surface area contributed by atoms with Gasteiger partial charge in [-0.25, -0.2) is 0 Å². The van der Waals surface area contributed by atoms with Crippen LogP contribution in [0.25, 0.3) is 0 Å². The second-order valence-corrected chi connectivity index (χ2v) is 6.27. The highest BCUT2D eigenvalue weighted by molar-refractivity contribution is 5.20. The van der Waals surface area contributed by atoms with Gasteiger partial charge >= 0.3 is 65.9 Å². The predicted molar refractivity (Wildman–Crippen MR) is 63.1 cm³/mol. The maximum absolute atomic E-state index is 13.3. The molecule has 0 amide bonds. The molecule has 0 rings (SSSR count). The molecule has 0 aliphatic heterocycles. The van der Waals surface area contributed by atoms with Gasteiger partial charge in [-0.15, -0.1) is 0 Å². The number of halogens is 23. The molecule has 0 saturated heterocycles. The molecule has 2 nitrogen and oxygen atoms in total. The van der Waals surface area contributed by atoms with Crippen molar-refractivity contribution in [2.24, 2.45) is 0 Å². The molecule has 0 aromatic heterocycles. The van der Waals surface area contributed by atoms with Crippen LogP contribution in [0, 0.1) is 0 Å². The van der Waals surface area contributed by atoms with Crippen LogP contribution in [-0.4, -0.2) is 65.0 Å². The van der Waals surface area contributed by atoms with E-state index in [0.717, 1.165) is 0 Å². The Bertz CT molecular complexity index is 873. The number of hydrogen-bond acceptors (Lipinski definition) is 2. The second-order valence-electron chi connectivity index (χ2n) is 6.27. The first-order valence-electron chi connectivity index (χ1n) is 7.48. The smallest absolute Gasteiger partial charge is 0.403 e. The summed E-state index contributed by atoms with van der Waals surface area (Å²) in [5.74, 6) is -65.5. The minimum absolute atomic E-state index is 1.63. The number of ether oxygens (including phenoxy) is 1. The highest BCUT2D eigenvalue weighted by Crippen LogP contribution is 2.63. The quantitative estimate of drug-likeness (QED) is 0.168. The van der Waals surface area contributed by atoms with Crippen molar-refractivity contribution < 1.29 is 111 Å². The van der Waals surface area contributed by atoms with E-state index in [-0.39, 0.29) is 0 Å². The summed E-state index contributed by atoms with van der Waals surface area (Å²) in [6.45, 7) is 0. The van der Waals surface area contributed by atoms with Gasteiger partial charge in [0, 0.05) is 0 Å². The zero-order valence-electron chi connectivity index (χ0n) is 15.5. The van der Waals surface area contributed by atoms with Gasteiger partial charge in [0.05, 0.1) is 0 Å². The summed E-state index contributed by atoms with van der Waals surface area (Å²) in [6.07, 6.45) is -15.4. The fourth-order valence-electron chi connectivity index (χ4n) is 1.63. The number of aliphatic hydroxyl groups is 1. The van der Waals surface area contributed by atoms with E-state index < -0.39 is 71.7 Å². The van der Waals surface area contributed by atoms with E-state index >= 15 is 0 Å². The van der Waals surface area contributed by atoms with E-state index in [0.29, 0.717) is 0 Å². The average Bonchev–Trinajstić information content (AvgIpc) is 2.63. The number of rotatable bonds is 9. The van der Waals surface area contributed by atoms with E-state index in [9.17, 15) is 101 Å². The van der Waals surface area contributed by atoms with Crippen LogP contribution in [-0.2, 0) is 4.74 Å². The van der Waals surface area contributed by atoms with Gasteiger partial charge in [-0.05, 0) is 0 Å². The maximum Gasteiger partial charge on any atom is 0.463 e. The molecule has 0 spiro atoms. The standard InChI is InChI=1S/C12HF23O2/c13-1(2(14)37-12(35,36)9(27,28)11(32,33)34)3(15,16)4(17,18)5(19,20)6(21,22)7(23,24)8(25,26)10(29,30)31/h36H.